The molecule has 1 aromatic heterocycles. The molecule has 1 aliphatic heterocycles. The lowest BCUT2D eigenvalue weighted by Crippen LogP contribution is -2.26. The van der Waals surface area contributed by atoms with Crippen LogP contribution in [0.1, 0.15) is 17.5 Å². The molecule has 0 aromatic carbocycles. The predicted octanol–water partition coefficient (Wildman–Crippen LogP) is 1.04. The largest absolute Gasteiger partial charge is 0.396 e. The van der Waals surface area contributed by atoms with Crippen LogP contribution in [-0.4, -0.2) is 29.1 Å². The van der Waals surface area contributed by atoms with Gasteiger partial charge in [0.25, 0.3) is 0 Å². The van der Waals surface area contributed by atoms with Crippen molar-refractivity contribution in [3.63, 3.8) is 0 Å². The second-order valence-electron chi connectivity index (χ2n) is 4.38. The normalized spacial score (nSPS) is 20.6. The molecule has 0 spiro atoms. The number of aromatic nitrogens is 1. The summed E-state index contributed by atoms with van der Waals surface area (Å²) in [6.45, 7) is 4.59. The lowest BCUT2D eigenvalue weighted by molar-refractivity contribution is -0.117. The van der Waals surface area contributed by atoms with E-state index >= 15 is 0 Å². The fourth-order valence-electron chi connectivity index (χ4n) is 2.24. The SMILES string of the molecule is Cc1cncc(C)c1N1CC(CO)CC1=O. The number of aryl methyl sites for hydroxylation is 2. The average molecular weight is 220 g/mol. The molecule has 1 N–H and O–H groups in total. The number of aliphatic hydroxyl groups is 1. The number of nitrogens with zero attached hydrogens (tertiary/aromatic N) is 2. The first-order valence-electron chi connectivity index (χ1n) is 5.46. The van der Waals surface area contributed by atoms with Crippen LogP contribution >= 0.6 is 0 Å². The van der Waals surface area contributed by atoms with E-state index in [0.717, 1.165) is 16.8 Å². The van der Waals surface area contributed by atoms with Gasteiger partial charge in [-0.1, -0.05) is 0 Å². The van der Waals surface area contributed by atoms with Crippen LogP contribution in [0.15, 0.2) is 12.4 Å². The maximum absolute atomic E-state index is 11.8. The Morgan fingerprint density at radius 2 is 2.06 bits per heavy atom. The predicted molar refractivity (Wildman–Crippen MR) is 61.3 cm³/mol. The van der Waals surface area contributed by atoms with E-state index in [-0.39, 0.29) is 18.4 Å². The van der Waals surface area contributed by atoms with Gasteiger partial charge in [0.15, 0.2) is 0 Å². The number of pyridine rings is 1. The van der Waals surface area contributed by atoms with Crippen LogP contribution in [0.3, 0.4) is 0 Å². The number of carbonyl (C=O) groups excluding carboxylic acids is 1. The minimum absolute atomic E-state index is 0.0689. The molecule has 1 amide bonds. The first kappa shape index (κ1) is 11.1. The molecule has 1 atom stereocenters. The first-order valence-corrected chi connectivity index (χ1v) is 5.46. The highest BCUT2D eigenvalue weighted by molar-refractivity contribution is 5.97. The first-order chi connectivity index (χ1) is 7.63. The van der Waals surface area contributed by atoms with Crippen LogP contribution in [0.5, 0.6) is 0 Å². The number of carbonyl (C=O) groups is 1. The Morgan fingerprint density at radius 1 is 1.44 bits per heavy atom. The fourth-order valence-corrected chi connectivity index (χ4v) is 2.24. The summed E-state index contributed by atoms with van der Waals surface area (Å²) in [6, 6.07) is 0. The number of hydrogen-bond donors (Lipinski definition) is 1. The third kappa shape index (κ3) is 1.80. The number of rotatable bonds is 2. The Hall–Kier alpha value is -1.42. The zero-order valence-corrected chi connectivity index (χ0v) is 9.60. The van der Waals surface area contributed by atoms with E-state index in [1.54, 1.807) is 17.3 Å². The van der Waals surface area contributed by atoms with Crippen molar-refractivity contribution >= 4 is 11.6 Å². The van der Waals surface area contributed by atoms with E-state index in [1.807, 2.05) is 13.8 Å². The highest BCUT2D eigenvalue weighted by Gasteiger charge is 2.31. The summed E-state index contributed by atoms with van der Waals surface area (Å²) >= 11 is 0. The van der Waals surface area contributed by atoms with Gasteiger partial charge in [-0.05, 0) is 25.0 Å². The minimum Gasteiger partial charge on any atom is -0.396 e. The number of aliphatic hydroxyl groups excluding tert-OH is 1. The van der Waals surface area contributed by atoms with Crippen LogP contribution in [-0.2, 0) is 4.79 Å². The Morgan fingerprint density at radius 3 is 2.56 bits per heavy atom. The van der Waals surface area contributed by atoms with E-state index < -0.39 is 0 Å². The van der Waals surface area contributed by atoms with Crippen LogP contribution < -0.4 is 4.90 Å². The number of hydrogen-bond acceptors (Lipinski definition) is 3. The molecule has 4 nitrogen and oxygen atoms in total. The van der Waals surface area contributed by atoms with Gasteiger partial charge in [-0.15, -0.1) is 0 Å². The standard InChI is InChI=1S/C12H16N2O2/c1-8-4-13-5-9(2)12(8)14-6-10(7-15)3-11(14)16/h4-5,10,15H,3,6-7H2,1-2H3. The summed E-state index contributed by atoms with van der Waals surface area (Å²) in [5.41, 5.74) is 2.97. The van der Waals surface area contributed by atoms with Crippen molar-refractivity contribution in [2.75, 3.05) is 18.1 Å². The van der Waals surface area contributed by atoms with Gasteiger partial charge in [0.1, 0.15) is 0 Å². The van der Waals surface area contributed by atoms with Gasteiger partial charge in [0.05, 0.1) is 5.69 Å². The van der Waals surface area contributed by atoms with Crippen molar-refractivity contribution < 1.29 is 9.90 Å². The molecule has 2 rings (SSSR count). The highest BCUT2D eigenvalue weighted by atomic mass is 16.3. The molecule has 0 radical (unpaired) electrons. The maximum Gasteiger partial charge on any atom is 0.227 e. The number of anilines is 1. The van der Waals surface area contributed by atoms with E-state index in [2.05, 4.69) is 4.98 Å². The summed E-state index contributed by atoms with van der Waals surface area (Å²) in [5, 5.41) is 9.10. The smallest absolute Gasteiger partial charge is 0.227 e. The van der Waals surface area contributed by atoms with Gasteiger partial charge in [-0.25, -0.2) is 0 Å². The molecule has 1 fully saturated rings. The molecule has 1 saturated heterocycles. The average Bonchev–Trinajstić information content (AvgIpc) is 2.60. The molecule has 4 heteroatoms. The van der Waals surface area contributed by atoms with Crippen molar-refractivity contribution in [2.24, 2.45) is 5.92 Å². The summed E-state index contributed by atoms with van der Waals surface area (Å²) in [7, 11) is 0. The molecular formula is C12H16N2O2. The van der Waals surface area contributed by atoms with Crippen molar-refractivity contribution in [3.05, 3.63) is 23.5 Å². The van der Waals surface area contributed by atoms with E-state index in [0.29, 0.717) is 13.0 Å². The molecule has 2 heterocycles. The summed E-state index contributed by atoms with van der Waals surface area (Å²) in [4.78, 5) is 17.7. The molecule has 1 aliphatic rings. The molecule has 0 saturated carbocycles. The van der Waals surface area contributed by atoms with Gasteiger partial charge in [-0.3, -0.25) is 9.78 Å². The highest BCUT2D eigenvalue weighted by Crippen LogP contribution is 2.29. The third-order valence-electron chi connectivity index (χ3n) is 3.02. The zero-order valence-electron chi connectivity index (χ0n) is 9.60. The van der Waals surface area contributed by atoms with E-state index in [4.69, 9.17) is 5.11 Å². The molecule has 0 bridgehead atoms. The zero-order chi connectivity index (χ0) is 11.7. The Kier molecular flexibility index (Phi) is 2.92. The quantitative estimate of drug-likeness (QED) is 0.810. The minimum atomic E-state index is 0.0689. The molecule has 1 aromatic rings. The second kappa shape index (κ2) is 4.22. The monoisotopic (exact) mass is 220 g/mol. The van der Waals surface area contributed by atoms with Gasteiger partial charge in [0, 0.05) is 37.9 Å². The van der Waals surface area contributed by atoms with Crippen LogP contribution in [0.25, 0.3) is 0 Å². The molecule has 16 heavy (non-hydrogen) atoms. The fraction of sp³-hybridized carbons (Fsp3) is 0.500. The van der Waals surface area contributed by atoms with Gasteiger partial charge < -0.3 is 10.0 Å². The summed E-state index contributed by atoms with van der Waals surface area (Å²) in [5.74, 6) is 0.163. The van der Waals surface area contributed by atoms with E-state index in [1.165, 1.54) is 0 Å². The van der Waals surface area contributed by atoms with Crippen molar-refractivity contribution in [1.82, 2.24) is 4.98 Å². The van der Waals surface area contributed by atoms with Gasteiger partial charge in [0.2, 0.25) is 5.91 Å². The van der Waals surface area contributed by atoms with Crippen LogP contribution in [0, 0.1) is 19.8 Å². The van der Waals surface area contributed by atoms with Crippen LogP contribution in [0.4, 0.5) is 5.69 Å². The molecule has 0 aliphatic carbocycles. The third-order valence-corrected chi connectivity index (χ3v) is 3.02. The molecular weight excluding hydrogens is 204 g/mol. The van der Waals surface area contributed by atoms with Crippen LogP contribution in [0.2, 0.25) is 0 Å². The lowest BCUT2D eigenvalue weighted by Gasteiger charge is -2.20. The number of amides is 1. The molecule has 86 valence electrons. The molecule has 1 unspecified atom stereocenters. The summed E-state index contributed by atoms with van der Waals surface area (Å²) < 4.78 is 0. The topological polar surface area (TPSA) is 53.4 Å². The van der Waals surface area contributed by atoms with Crippen molar-refractivity contribution in [3.8, 4) is 0 Å². The van der Waals surface area contributed by atoms with Gasteiger partial charge >= 0.3 is 0 Å². The van der Waals surface area contributed by atoms with E-state index in [9.17, 15) is 4.79 Å². The Bertz CT molecular complexity index is 397. The lowest BCUT2D eigenvalue weighted by atomic mass is 10.1. The Labute approximate surface area is 94.9 Å². The maximum atomic E-state index is 11.8. The second-order valence-corrected chi connectivity index (χ2v) is 4.38. The van der Waals surface area contributed by atoms with Gasteiger partial charge in [-0.2, -0.15) is 0 Å². The van der Waals surface area contributed by atoms with Crippen molar-refractivity contribution in [2.45, 2.75) is 20.3 Å². The summed E-state index contributed by atoms with van der Waals surface area (Å²) in [6.07, 6.45) is 3.97. The van der Waals surface area contributed by atoms with Crippen molar-refractivity contribution in [1.29, 1.82) is 0 Å². The Balaban J connectivity index is 2.35.